The van der Waals surface area contributed by atoms with Gasteiger partial charge in [0.1, 0.15) is 11.5 Å². The second-order valence-electron chi connectivity index (χ2n) is 4.43. The van der Waals surface area contributed by atoms with Gasteiger partial charge in [-0.2, -0.15) is 5.10 Å². The fourth-order valence-corrected chi connectivity index (χ4v) is 1.45. The van der Waals surface area contributed by atoms with E-state index >= 15 is 0 Å². The molecule has 1 heterocycles. The minimum Gasteiger partial charge on any atom is -0.454 e. The van der Waals surface area contributed by atoms with E-state index in [1.807, 2.05) is 50.5 Å². The van der Waals surface area contributed by atoms with Crippen LogP contribution in [0.3, 0.4) is 0 Å². The number of aliphatic imine (C=N–C) groups is 1. The monoisotopic (exact) mass is 255 g/mol. The Morgan fingerprint density at radius 2 is 1.58 bits per heavy atom. The van der Waals surface area contributed by atoms with Gasteiger partial charge in [-0.05, 0) is 31.2 Å². The van der Waals surface area contributed by atoms with Crippen LogP contribution in [0.15, 0.2) is 50.9 Å². The smallest absolute Gasteiger partial charge is 0.147 e. The molecule has 0 aliphatic rings. The number of benzene rings is 1. The summed E-state index contributed by atoms with van der Waals surface area (Å²) in [5.74, 6) is 1.42. The van der Waals surface area contributed by atoms with Crippen molar-refractivity contribution in [3.05, 3.63) is 53.5 Å². The summed E-state index contributed by atoms with van der Waals surface area (Å²) in [6.45, 7) is 2.05. The van der Waals surface area contributed by atoms with Crippen LogP contribution in [-0.2, 0) is 0 Å². The lowest BCUT2D eigenvalue weighted by molar-refractivity contribution is 0.438. The predicted octanol–water partition coefficient (Wildman–Crippen LogP) is 3.23. The van der Waals surface area contributed by atoms with Crippen LogP contribution in [0, 0.1) is 6.92 Å². The Morgan fingerprint density at radius 3 is 2.21 bits per heavy atom. The van der Waals surface area contributed by atoms with Crippen molar-refractivity contribution in [2.45, 2.75) is 6.92 Å². The van der Waals surface area contributed by atoms with E-state index in [-0.39, 0.29) is 0 Å². The van der Waals surface area contributed by atoms with Crippen LogP contribution in [-0.4, -0.2) is 31.5 Å². The van der Waals surface area contributed by atoms with Gasteiger partial charge in [0, 0.05) is 14.1 Å². The van der Waals surface area contributed by atoms with Gasteiger partial charge >= 0.3 is 0 Å². The van der Waals surface area contributed by atoms with Crippen molar-refractivity contribution in [1.82, 2.24) is 5.01 Å². The average Bonchev–Trinajstić information content (AvgIpc) is 2.84. The van der Waals surface area contributed by atoms with Crippen LogP contribution in [0.2, 0.25) is 0 Å². The Kier molecular flexibility index (Phi) is 4.13. The third-order valence-electron chi connectivity index (χ3n) is 2.44. The first-order chi connectivity index (χ1) is 9.13. The standard InChI is InChI=1S/C15H17N3O/c1-12-4-6-13(7-5-12)16-10-14-8-9-15(19-14)11-17-18(2)3/h4-11H,1-3H3/b16-10?,17-11-. The molecule has 0 N–H and O–H groups in total. The van der Waals surface area contributed by atoms with E-state index in [2.05, 4.69) is 17.0 Å². The van der Waals surface area contributed by atoms with Crippen molar-refractivity contribution in [2.75, 3.05) is 14.1 Å². The van der Waals surface area contributed by atoms with Gasteiger partial charge in [0.25, 0.3) is 0 Å². The van der Waals surface area contributed by atoms with Gasteiger partial charge < -0.3 is 9.43 Å². The second kappa shape index (κ2) is 6.00. The molecular formula is C15H17N3O. The normalized spacial score (nSPS) is 11.5. The highest BCUT2D eigenvalue weighted by Gasteiger charge is 1.97. The molecule has 0 bridgehead atoms. The molecular weight excluding hydrogens is 238 g/mol. The van der Waals surface area contributed by atoms with Gasteiger partial charge in [-0.25, -0.2) is 0 Å². The maximum absolute atomic E-state index is 5.55. The largest absolute Gasteiger partial charge is 0.454 e. The molecule has 0 saturated heterocycles. The Morgan fingerprint density at radius 1 is 0.947 bits per heavy atom. The van der Waals surface area contributed by atoms with E-state index in [9.17, 15) is 0 Å². The van der Waals surface area contributed by atoms with Gasteiger partial charge in [0.05, 0.1) is 18.1 Å². The summed E-state index contributed by atoms with van der Waals surface area (Å²) in [6.07, 6.45) is 3.38. The average molecular weight is 255 g/mol. The molecule has 0 spiro atoms. The number of hydrogen-bond donors (Lipinski definition) is 0. The SMILES string of the molecule is Cc1ccc(N=Cc2ccc(/C=N\N(C)C)o2)cc1. The Labute approximate surface area is 113 Å². The Bertz CT molecular complexity index is 580. The van der Waals surface area contributed by atoms with E-state index in [4.69, 9.17) is 4.42 Å². The van der Waals surface area contributed by atoms with E-state index in [0.717, 1.165) is 5.69 Å². The summed E-state index contributed by atoms with van der Waals surface area (Å²) < 4.78 is 5.55. The van der Waals surface area contributed by atoms with Crippen molar-refractivity contribution in [3.63, 3.8) is 0 Å². The van der Waals surface area contributed by atoms with Crippen LogP contribution in [0.4, 0.5) is 5.69 Å². The van der Waals surface area contributed by atoms with Crippen LogP contribution in [0.5, 0.6) is 0 Å². The number of nitrogens with zero attached hydrogens (tertiary/aromatic N) is 3. The second-order valence-corrected chi connectivity index (χ2v) is 4.43. The van der Waals surface area contributed by atoms with E-state index in [0.29, 0.717) is 11.5 Å². The number of hydrazone groups is 1. The van der Waals surface area contributed by atoms with E-state index in [1.165, 1.54) is 5.56 Å². The third-order valence-corrected chi connectivity index (χ3v) is 2.44. The van der Waals surface area contributed by atoms with Crippen LogP contribution >= 0.6 is 0 Å². The molecule has 4 nitrogen and oxygen atoms in total. The fourth-order valence-electron chi connectivity index (χ4n) is 1.45. The molecule has 1 aromatic carbocycles. The number of furan rings is 1. The van der Waals surface area contributed by atoms with Gasteiger partial charge in [0.15, 0.2) is 0 Å². The first kappa shape index (κ1) is 13.1. The minimum absolute atomic E-state index is 0.707. The van der Waals surface area contributed by atoms with Gasteiger partial charge in [-0.1, -0.05) is 17.7 Å². The lowest BCUT2D eigenvalue weighted by Gasteiger charge is -2.00. The lowest BCUT2D eigenvalue weighted by atomic mass is 10.2. The molecule has 0 saturated carbocycles. The maximum Gasteiger partial charge on any atom is 0.147 e. The highest BCUT2D eigenvalue weighted by molar-refractivity contribution is 5.82. The molecule has 2 aromatic rings. The minimum atomic E-state index is 0.707. The zero-order chi connectivity index (χ0) is 13.7. The zero-order valence-corrected chi connectivity index (χ0v) is 11.4. The van der Waals surface area contributed by atoms with Gasteiger partial charge in [-0.15, -0.1) is 0 Å². The highest BCUT2D eigenvalue weighted by atomic mass is 16.3. The Hall–Kier alpha value is -2.36. The molecule has 4 heteroatoms. The summed E-state index contributed by atoms with van der Waals surface area (Å²) in [5, 5.41) is 5.82. The molecule has 0 fully saturated rings. The van der Waals surface area contributed by atoms with Gasteiger partial charge in [-0.3, -0.25) is 4.99 Å². The summed E-state index contributed by atoms with van der Waals surface area (Å²) in [6, 6.07) is 11.7. The van der Waals surface area contributed by atoms with E-state index in [1.54, 1.807) is 17.4 Å². The molecule has 0 unspecified atom stereocenters. The fraction of sp³-hybridized carbons (Fsp3) is 0.200. The van der Waals surface area contributed by atoms with Crippen LogP contribution in [0.1, 0.15) is 17.1 Å². The summed E-state index contributed by atoms with van der Waals surface area (Å²) >= 11 is 0. The third kappa shape index (κ3) is 4.10. The van der Waals surface area contributed by atoms with Crippen molar-refractivity contribution >= 4 is 18.1 Å². The van der Waals surface area contributed by atoms with Crippen molar-refractivity contribution in [2.24, 2.45) is 10.1 Å². The van der Waals surface area contributed by atoms with Crippen LogP contribution in [0.25, 0.3) is 0 Å². The first-order valence-electron chi connectivity index (χ1n) is 6.05. The molecule has 0 aliphatic carbocycles. The zero-order valence-electron chi connectivity index (χ0n) is 11.4. The summed E-state index contributed by atoms with van der Waals surface area (Å²) in [5.41, 5.74) is 2.13. The van der Waals surface area contributed by atoms with Crippen molar-refractivity contribution < 1.29 is 4.42 Å². The molecule has 2 rings (SSSR count). The number of aryl methyl sites for hydroxylation is 1. The molecule has 19 heavy (non-hydrogen) atoms. The lowest BCUT2D eigenvalue weighted by Crippen LogP contribution is -2.01. The quantitative estimate of drug-likeness (QED) is 0.621. The molecule has 98 valence electrons. The van der Waals surface area contributed by atoms with E-state index < -0.39 is 0 Å². The highest BCUT2D eigenvalue weighted by Crippen LogP contribution is 2.13. The summed E-state index contributed by atoms with van der Waals surface area (Å²) in [7, 11) is 3.72. The molecule has 0 amide bonds. The number of hydrogen-bond acceptors (Lipinski definition) is 4. The van der Waals surface area contributed by atoms with Crippen molar-refractivity contribution in [1.29, 1.82) is 0 Å². The van der Waals surface area contributed by atoms with Gasteiger partial charge in [0.2, 0.25) is 0 Å². The molecule has 1 aromatic heterocycles. The molecule has 0 aliphatic heterocycles. The van der Waals surface area contributed by atoms with Crippen LogP contribution < -0.4 is 0 Å². The molecule has 0 radical (unpaired) electrons. The number of rotatable bonds is 4. The predicted molar refractivity (Wildman–Crippen MR) is 78.4 cm³/mol. The van der Waals surface area contributed by atoms with Crippen molar-refractivity contribution in [3.8, 4) is 0 Å². The molecule has 0 atom stereocenters. The topological polar surface area (TPSA) is 41.1 Å². The summed E-state index contributed by atoms with van der Waals surface area (Å²) in [4.78, 5) is 4.35. The maximum atomic E-state index is 5.55. The first-order valence-corrected chi connectivity index (χ1v) is 6.05. The Balaban J connectivity index is 2.05.